The second kappa shape index (κ2) is 8.07. The summed E-state index contributed by atoms with van der Waals surface area (Å²) in [5, 5.41) is 12.6. The number of hydrogen-bond donors (Lipinski definition) is 1. The maximum Gasteiger partial charge on any atom is 0.0641 e. The zero-order chi connectivity index (χ0) is 14.2. The highest BCUT2D eigenvalue weighted by molar-refractivity contribution is 5.19. The Kier molecular flexibility index (Phi) is 6.08. The van der Waals surface area contributed by atoms with Crippen molar-refractivity contribution < 1.29 is 0 Å². The molecule has 2 heteroatoms. The molecule has 0 aliphatic heterocycles. The van der Waals surface area contributed by atoms with Crippen molar-refractivity contribution in [3.8, 4) is 6.07 Å². The van der Waals surface area contributed by atoms with Crippen molar-refractivity contribution in [3.63, 3.8) is 0 Å². The van der Waals surface area contributed by atoms with Crippen LogP contribution >= 0.6 is 0 Å². The SMILES string of the molecule is CCC1CCC(CNC(CC#N)c2ccccc2)CC1. The molecule has 1 aliphatic rings. The second-order valence-corrected chi connectivity index (χ2v) is 6.03. The summed E-state index contributed by atoms with van der Waals surface area (Å²) in [6.07, 6.45) is 7.35. The molecule has 0 bridgehead atoms. The Morgan fingerprint density at radius 3 is 2.40 bits per heavy atom. The van der Waals surface area contributed by atoms with Gasteiger partial charge in [0.05, 0.1) is 12.5 Å². The van der Waals surface area contributed by atoms with Crippen molar-refractivity contribution in [3.05, 3.63) is 35.9 Å². The minimum absolute atomic E-state index is 0.185. The van der Waals surface area contributed by atoms with Gasteiger partial charge in [-0.1, -0.05) is 56.5 Å². The van der Waals surface area contributed by atoms with Crippen LogP contribution in [0.1, 0.15) is 57.1 Å². The molecule has 1 aromatic carbocycles. The Labute approximate surface area is 123 Å². The third kappa shape index (κ3) is 4.35. The first-order chi connectivity index (χ1) is 9.83. The normalized spacial score (nSPS) is 24.0. The molecule has 0 spiro atoms. The average Bonchev–Trinajstić information content (AvgIpc) is 2.53. The summed E-state index contributed by atoms with van der Waals surface area (Å²) < 4.78 is 0. The maximum absolute atomic E-state index is 9.01. The van der Waals surface area contributed by atoms with Crippen molar-refractivity contribution in [1.82, 2.24) is 5.32 Å². The van der Waals surface area contributed by atoms with E-state index < -0.39 is 0 Å². The maximum atomic E-state index is 9.01. The van der Waals surface area contributed by atoms with E-state index in [2.05, 4.69) is 30.4 Å². The Bertz CT molecular complexity index is 413. The molecule has 0 radical (unpaired) electrons. The van der Waals surface area contributed by atoms with Gasteiger partial charge in [0.15, 0.2) is 0 Å². The zero-order valence-electron chi connectivity index (χ0n) is 12.5. The standard InChI is InChI=1S/C18H26N2/c1-2-15-8-10-16(11-9-15)14-20-18(12-13-19)17-6-4-3-5-7-17/h3-7,15-16,18,20H,2,8-12,14H2,1H3. The number of hydrogen-bond acceptors (Lipinski definition) is 2. The number of benzene rings is 1. The number of nitriles is 1. The molecular formula is C18H26N2. The Morgan fingerprint density at radius 1 is 1.15 bits per heavy atom. The number of nitrogens with zero attached hydrogens (tertiary/aromatic N) is 1. The molecule has 0 heterocycles. The molecule has 0 saturated heterocycles. The van der Waals surface area contributed by atoms with E-state index in [0.717, 1.165) is 18.4 Å². The van der Waals surface area contributed by atoms with Crippen LogP contribution in [0.2, 0.25) is 0 Å². The predicted octanol–water partition coefficient (Wildman–Crippen LogP) is 4.45. The van der Waals surface area contributed by atoms with Gasteiger partial charge in [-0.25, -0.2) is 0 Å². The third-order valence-electron chi connectivity index (χ3n) is 4.69. The quantitative estimate of drug-likeness (QED) is 0.829. The lowest BCUT2D eigenvalue weighted by Gasteiger charge is -2.29. The van der Waals surface area contributed by atoms with E-state index in [1.807, 2.05) is 18.2 Å². The fourth-order valence-corrected chi connectivity index (χ4v) is 3.24. The van der Waals surface area contributed by atoms with Gasteiger partial charge < -0.3 is 5.32 Å². The van der Waals surface area contributed by atoms with Crippen LogP contribution in [0, 0.1) is 23.2 Å². The van der Waals surface area contributed by atoms with Crippen molar-refractivity contribution >= 4 is 0 Å². The smallest absolute Gasteiger partial charge is 0.0641 e. The van der Waals surface area contributed by atoms with Gasteiger partial charge >= 0.3 is 0 Å². The first-order valence-electron chi connectivity index (χ1n) is 7.98. The molecule has 1 unspecified atom stereocenters. The van der Waals surface area contributed by atoms with E-state index in [1.165, 1.54) is 37.7 Å². The molecule has 0 amide bonds. The summed E-state index contributed by atoms with van der Waals surface area (Å²) >= 11 is 0. The van der Waals surface area contributed by atoms with Gasteiger partial charge in [-0.3, -0.25) is 0 Å². The van der Waals surface area contributed by atoms with Crippen LogP contribution in [0.3, 0.4) is 0 Å². The summed E-state index contributed by atoms with van der Waals surface area (Å²) in [5.74, 6) is 1.75. The van der Waals surface area contributed by atoms with E-state index in [0.29, 0.717) is 6.42 Å². The molecule has 1 saturated carbocycles. The molecule has 20 heavy (non-hydrogen) atoms. The Hall–Kier alpha value is -1.33. The second-order valence-electron chi connectivity index (χ2n) is 6.03. The van der Waals surface area contributed by atoms with Crippen molar-refractivity contribution in [2.45, 2.75) is 51.5 Å². The van der Waals surface area contributed by atoms with Crippen LogP contribution in [0.25, 0.3) is 0 Å². The van der Waals surface area contributed by atoms with Crippen LogP contribution in [0.15, 0.2) is 30.3 Å². The Morgan fingerprint density at radius 2 is 1.80 bits per heavy atom. The fraction of sp³-hybridized carbons (Fsp3) is 0.611. The van der Waals surface area contributed by atoms with Gasteiger partial charge in [0.1, 0.15) is 0 Å². The van der Waals surface area contributed by atoms with Gasteiger partial charge in [0, 0.05) is 6.04 Å². The topological polar surface area (TPSA) is 35.8 Å². The molecule has 0 aromatic heterocycles. The molecule has 1 aromatic rings. The molecular weight excluding hydrogens is 244 g/mol. The number of nitrogens with one attached hydrogen (secondary N) is 1. The van der Waals surface area contributed by atoms with E-state index in [-0.39, 0.29) is 6.04 Å². The monoisotopic (exact) mass is 270 g/mol. The summed E-state index contributed by atoms with van der Waals surface area (Å²) in [4.78, 5) is 0. The molecule has 1 aliphatic carbocycles. The highest BCUT2D eigenvalue weighted by Gasteiger charge is 2.21. The fourth-order valence-electron chi connectivity index (χ4n) is 3.24. The average molecular weight is 270 g/mol. The first kappa shape index (κ1) is 15.1. The van der Waals surface area contributed by atoms with Gasteiger partial charge in [-0.15, -0.1) is 0 Å². The van der Waals surface area contributed by atoms with Crippen LogP contribution in [-0.2, 0) is 0 Å². The molecule has 1 fully saturated rings. The van der Waals surface area contributed by atoms with E-state index >= 15 is 0 Å². The third-order valence-corrected chi connectivity index (χ3v) is 4.69. The van der Waals surface area contributed by atoms with Crippen LogP contribution in [0.5, 0.6) is 0 Å². The lowest BCUT2D eigenvalue weighted by atomic mass is 9.81. The molecule has 1 atom stereocenters. The van der Waals surface area contributed by atoms with E-state index in [4.69, 9.17) is 5.26 Å². The predicted molar refractivity (Wildman–Crippen MR) is 83.2 cm³/mol. The van der Waals surface area contributed by atoms with E-state index in [1.54, 1.807) is 0 Å². The van der Waals surface area contributed by atoms with Crippen molar-refractivity contribution in [2.24, 2.45) is 11.8 Å². The van der Waals surface area contributed by atoms with Crippen LogP contribution < -0.4 is 5.32 Å². The minimum Gasteiger partial charge on any atom is -0.309 e. The van der Waals surface area contributed by atoms with Gasteiger partial charge in [0.25, 0.3) is 0 Å². The van der Waals surface area contributed by atoms with Gasteiger partial charge in [0.2, 0.25) is 0 Å². The number of rotatable bonds is 6. The lowest BCUT2D eigenvalue weighted by molar-refractivity contribution is 0.257. The van der Waals surface area contributed by atoms with Crippen molar-refractivity contribution in [2.75, 3.05) is 6.54 Å². The lowest BCUT2D eigenvalue weighted by Crippen LogP contribution is -2.29. The van der Waals surface area contributed by atoms with Crippen molar-refractivity contribution in [1.29, 1.82) is 5.26 Å². The first-order valence-corrected chi connectivity index (χ1v) is 7.98. The summed E-state index contributed by atoms with van der Waals surface area (Å²) in [7, 11) is 0. The molecule has 2 nitrogen and oxygen atoms in total. The zero-order valence-corrected chi connectivity index (χ0v) is 12.5. The van der Waals surface area contributed by atoms with Gasteiger partial charge in [-0.2, -0.15) is 5.26 Å². The summed E-state index contributed by atoms with van der Waals surface area (Å²) in [6.45, 7) is 3.36. The Balaban J connectivity index is 1.83. The largest absolute Gasteiger partial charge is 0.309 e. The van der Waals surface area contributed by atoms with Crippen LogP contribution in [0.4, 0.5) is 0 Å². The minimum atomic E-state index is 0.185. The highest BCUT2D eigenvalue weighted by Crippen LogP contribution is 2.30. The molecule has 108 valence electrons. The molecule has 2 rings (SSSR count). The highest BCUT2D eigenvalue weighted by atomic mass is 14.9. The molecule has 1 N–H and O–H groups in total. The van der Waals surface area contributed by atoms with Crippen LogP contribution in [-0.4, -0.2) is 6.54 Å². The summed E-state index contributed by atoms with van der Waals surface area (Å²) in [5.41, 5.74) is 1.23. The van der Waals surface area contributed by atoms with E-state index in [9.17, 15) is 0 Å². The van der Waals surface area contributed by atoms with Gasteiger partial charge in [-0.05, 0) is 36.8 Å². The summed E-state index contributed by atoms with van der Waals surface area (Å²) in [6, 6.07) is 12.8.